The van der Waals surface area contributed by atoms with Crippen LogP contribution >= 0.6 is 11.8 Å². The molecule has 1 aromatic rings. The van der Waals surface area contributed by atoms with E-state index >= 15 is 0 Å². The first kappa shape index (κ1) is 17.7. The van der Waals surface area contributed by atoms with Crippen LogP contribution in [0.4, 0.5) is 0 Å². The van der Waals surface area contributed by atoms with Crippen molar-refractivity contribution in [3.63, 3.8) is 0 Å². The third-order valence-corrected chi connectivity index (χ3v) is 4.56. The molecule has 0 radical (unpaired) electrons. The van der Waals surface area contributed by atoms with E-state index in [0.29, 0.717) is 18.1 Å². The Morgan fingerprint density at radius 1 is 1.39 bits per heavy atom. The smallest absolute Gasteiger partial charge is 0.305 e. The summed E-state index contributed by atoms with van der Waals surface area (Å²) in [5.41, 5.74) is 1.72. The van der Waals surface area contributed by atoms with Gasteiger partial charge in [-0.3, -0.25) is 9.59 Å². The van der Waals surface area contributed by atoms with E-state index < -0.39 is 5.97 Å². The van der Waals surface area contributed by atoms with Gasteiger partial charge in [0.05, 0.1) is 18.3 Å². The Kier molecular flexibility index (Phi) is 5.95. The Morgan fingerprint density at radius 3 is 2.61 bits per heavy atom. The molecule has 2 rings (SSSR count). The quantitative estimate of drug-likeness (QED) is 0.616. The zero-order valence-corrected chi connectivity index (χ0v) is 14.3. The van der Waals surface area contributed by atoms with Crippen LogP contribution in [0.1, 0.15) is 24.2 Å². The number of carbonyl (C=O) groups excluding carboxylic acids is 1. The minimum Gasteiger partial charge on any atom is -0.481 e. The largest absolute Gasteiger partial charge is 0.481 e. The highest BCUT2D eigenvalue weighted by molar-refractivity contribution is 7.99. The van der Waals surface area contributed by atoms with Gasteiger partial charge in [0.2, 0.25) is 5.91 Å². The molecule has 1 aliphatic heterocycles. The maximum atomic E-state index is 12.4. The molecule has 0 spiro atoms. The second-order valence-electron chi connectivity index (χ2n) is 5.61. The molecule has 2 heterocycles. The number of aromatic nitrogens is 2. The Hall–Kier alpha value is -1.67. The van der Waals surface area contributed by atoms with Crippen molar-refractivity contribution < 1.29 is 19.4 Å². The third kappa shape index (κ3) is 4.90. The van der Waals surface area contributed by atoms with E-state index in [9.17, 15) is 9.59 Å². The monoisotopic (exact) mass is 339 g/mol. The molecule has 7 nitrogen and oxygen atoms in total. The van der Waals surface area contributed by atoms with Crippen molar-refractivity contribution >= 4 is 23.6 Å². The number of carboxylic acids is 1. The molecule has 1 saturated heterocycles. The number of thioether (sulfide) groups is 1. The van der Waals surface area contributed by atoms with Crippen molar-refractivity contribution in [1.82, 2.24) is 14.9 Å². The first-order chi connectivity index (χ1) is 10.9. The number of amides is 1. The van der Waals surface area contributed by atoms with E-state index in [2.05, 4.69) is 9.97 Å². The molecule has 23 heavy (non-hydrogen) atoms. The summed E-state index contributed by atoms with van der Waals surface area (Å²) in [6, 6.07) is 1.56. The molecule has 8 heteroatoms. The predicted molar refractivity (Wildman–Crippen MR) is 85.4 cm³/mol. The molecule has 1 amide bonds. The Balaban J connectivity index is 1.98. The summed E-state index contributed by atoms with van der Waals surface area (Å²) in [4.78, 5) is 33.6. The van der Waals surface area contributed by atoms with Crippen LogP contribution in [0.15, 0.2) is 11.2 Å². The number of aryl methyl sites for hydroxylation is 2. The highest BCUT2D eigenvalue weighted by Crippen LogP contribution is 2.24. The molecule has 2 atom stereocenters. The molecule has 0 aliphatic carbocycles. The van der Waals surface area contributed by atoms with E-state index in [1.54, 1.807) is 12.0 Å². The second-order valence-corrected chi connectivity index (χ2v) is 6.56. The van der Waals surface area contributed by atoms with E-state index in [1.165, 1.54) is 11.8 Å². The van der Waals surface area contributed by atoms with Crippen molar-refractivity contribution in [3.05, 3.63) is 17.5 Å². The standard InChI is InChI=1S/C15H21N3O4S/c1-9-4-10(2)17-15(16-9)23-8-13(19)18-7-12(22-3)5-11(18)6-14(20)21/h4,11-12H,5-8H2,1-3H3,(H,20,21). The third-order valence-electron chi connectivity index (χ3n) is 3.73. The van der Waals surface area contributed by atoms with Crippen LogP contribution in [0.2, 0.25) is 0 Å². The summed E-state index contributed by atoms with van der Waals surface area (Å²) >= 11 is 1.27. The number of methoxy groups -OCH3 is 1. The van der Waals surface area contributed by atoms with Gasteiger partial charge >= 0.3 is 5.97 Å². The number of ether oxygens (including phenoxy) is 1. The first-order valence-electron chi connectivity index (χ1n) is 7.38. The van der Waals surface area contributed by atoms with Crippen LogP contribution in [0.25, 0.3) is 0 Å². The van der Waals surface area contributed by atoms with Crippen LogP contribution in [0, 0.1) is 13.8 Å². The molecule has 1 N–H and O–H groups in total. The van der Waals surface area contributed by atoms with Gasteiger partial charge in [-0.15, -0.1) is 0 Å². The van der Waals surface area contributed by atoms with Crippen LogP contribution in [-0.2, 0) is 14.3 Å². The topological polar surface area (TPSA) is 92.6 Å². The lowest BCUT2D eigenvalue weighted by Gasteiger charge is -2.22. The molecular formula is C15H21N3O4S. The van der Waals surface area contributed by atoms with Crippen molar-refractivity contribution in [2.24, 2.45) is 0 Å². The van der Waals surface area contributed by atoms with E-state index in [0.717, 1.165) is 11.4 Å². The molecule has 0 bridgehead atoms. The molecule has 1 aliphatic rings. The fourth-order valence-electron chi connectivity index (χ4n) is 2.71. The number of carboxylic acid groups (broad SMARTS) is 1. The average molecular weight is 339 g/mol. The fraction of sp³-hybridized carbons (Fsp3) is 0.600. The maximum absolute atomic E-state index is 12.4. The van der Waals surface area contributed by atoms with Crippen LogP contribution in [0.5, 0.6) is 0 Å². The minimum atomic E-state index is -0.908. The number of carbonyl (C=O) groups is 2. The number of aliphatic carboxylic acids is 1. The molecule has 0 saturated carbocycles. The summed E-state index contributed by atoms with van der Waals surface area (Å²) in [6.45, 7) is 4.20. The highest BCUT2D eigenvalue weighted by atomic mass is 32.2. The Bertz CT molecular complexity index is 576. The molecule has 0 aromatic carbocycles. The van der Waals surface area contributed by atoms with Gasteiger partial charge in [-0.05, 0) is 26.3 Å². The first-order valence-corrected chi connectivity index (χ1v) is 8.36. The van der Waals surface area contributed by atoms with Crippen molar-refractivity contribution in [3.8, 4) is 0 Å². The van der Waals surface area contributed by atoms with E-state index in [1.807, 2.05) is 19.9 Å². The van der Waals surface area contributed by atoms with Crippen LogP contribution < -0.4 is 0 Å². The highest BCUT2D eigenvalue weighted by Gasteiger charge is 2.36. The summed E-state index contributed by atoms with van der Waals surface area (Å²) in [6.07, 6.45) is 0.390. The summed E-state index contributed by atoms with van der Waals surface area (Å²) in [5, 5.41) is 9.56. The maximum Gasteiger partial charge on any atom is 0.305 e. The Labute approximate surface area is 139 Å². The lowest BCUT2D eigenvalue weighted by Crippen LogP contribution is -2.38. The average Bonchev–Trinajstić information content (AvgIpc) is 2.86. The van der Waals surface area contributed by atoms with Gasteiger partial charge in [0.25, 0.3) is 0 Å². The van der Waals surface area contributed by atoms with Gasteiger partial charge in [0.1, 0.15) is 0 Å². The number of hydrogen-bond donors (Lipinski definition) is 1. The fourth-order valence-corrected chi connectivity index (χ4v) is 3.55. The van der Waals surface area contributed by atoms with E-state index in [-0.39, 0.29) is 30.2 Å². The van der Waals surface area contributed by atoms with Gasteiger partial charge < -0.3 is 14.7 Å². The molecule has 2 unspecified atom stereocenters. The summed E-state index contributed by atoms with van der Waals surface area (Å²) in [7, 11) is 1.58. The van der Waals surface area contributed by atoms with Gasteiger partial charge in [-0.2, -0.15) is 0 Å². The van der Waals surface area contributed by atoms with Gasteiger partial charge in [-0.1, -0.05) is 11.8 Å². The predicted octanol–water partition coefficient (Wildman–Crippen LogP) is 1.28. The lowest BCUT2D eigenvalue weighted by atomic mass is 10.1. The van der Waals surface area contributed by atoms with Crippen LogP contribution in [0.3, 0.4) is 0 Å². The normalized spacial score (nSPS) is 20.7. The van der Waals surface area contributed by atoms with Crippen molar-refractivity contribution in [2.75, 3.05) is 19.4 Å². The number of hydrogen-bond acceptors (Lipinski definition) is 6. The molecular weight excluding hydrogens is 318 g/mol. The van der Waals surface area contributed by atoms with Gasteiger partial charge in [0.15, 0.2) is 5.16 Å². The second kappa shape index (κ2) is 7.74. The van der Waals surface area contributed by atoms with Gasteiger partial charge in [-0.25, -0.2) is 9.97 Å². The van der Waals surface area contributed by atoms with E-state index in [4.69, 9.17) is 9.84 Å². The van der Waals surface area contributed by atoms with Gasteiger partial charge in [0, 0.05) is 31.1 Å². The molecule has 1 aromatic heterocycles. The lowest BCUT2D eigenvalue weighted by molar-refractivity contribution is -0.139. The van der Waals surface area contributed by atoms with Crippen LogP contribution in [-0.4, -0.2) is 63.4 Å². The summed E-state index contributed by atoms with van der Waals surface area (Å²) in [5.74, 6) is -0.825. The van der Waals surface area contributed by atoms with Crippen molar-refractivity contribution in [1.29, 1.82) is 0 Å². The Morgan fingerprint density at radius 2 is 2.04 bits per heavy atom. The molecule has 126 valence electrons. The number of rotatable bonds is 6. The number of likely N-dealkylation sites (tertiary alicyclic amines) is 1. The minimum absolute atomic E-state index is 0.0592. The number of nitrogens with zero attached hydrogens (tertiary/aromatic N) is 3. The zero-order valence-electron chi connectivity index (χ0n) is 13.5. The molecule has 1 fully saturated rings. The SMILES string of the molecule is COC1CC(CC(=O)O)N(C(=O)CSc2nc(C)cc(C)n2)C1. The zero-order chi connectivity index (χ0) is 17.0. The van der Waals surface area contributed by atoms with Crippen molar-refractivity contribution in [2.45, 2.75) is 44.0 Å². The summed E-state index contributed by atoms with van der Waals surface area (Å²) < 4.78 is 5.28.